The lowest BCUT2D eigenvalue weighted by Gasteiger charge is -2.08. The van der Waals surface area contributed by atoms with Gasteiger partial charge in [-0.3, -0.25) is 9.78 Å². The van der Waals surface area contributed by atoms with Crippen LogP contribution in [0.4, 0.5) is 10.1 Å². The van der Waals surface area contributed by atoms with Crippen LogP contribution in [0.1, 0.15) is 21.6 Å². The first-order valence-corrected chi connectivity index (χ1v) is 5.57. The van der Waals surface area contributed by atoms with E-state index in [9.17, 15) is 9.18 Å². The van der Waals surface area contributed by atoms with E-state index < -0.39 is 0 Å². The van der Waals surface area contributed by atoms with Crippen LogP contribution < -0.4 is 5.32 Å². The number of nitrogens with one attached hydrogen (secondary N) is 1. The van der Waals surface area contributed by atoms with Gasteiger partial charge < -0.3 is 5.32 Å². The van der Waals surface area contributed by atoms with Crippen molar-refractivity contribution in [3.8, 4) is 0 Å². The van der Waals surface area contributed by atoms with Crippen LogP contribution in [-0.2, 0) is 0 Å². The number of benzene rings is 1. The molecule has 18 heavy (non-hydrogen) atoms. The van der Waals surface area contributed by atoms with Gasteiger partial charge in [-0.1, -0.05) is 0 Å². The number of amides is 1. The van der Waals surface area contributed by atoms with Crippen molar-refractivity contribution in [2.45, 2.75) is 13.8 Å². The Hall–Kier alpha value is -2.23. The molecule has 1 N–H and O–H groups in total. The fourth-order valence-electron chi connectivity index (χ4n) is 1.62. The van der Waals surface area contributed by atoms with Gasteiger partial charge in [-0.15, -0.1) is 0 Å². The molecule has 92 valence electrons. The number of carbonyl (C=O) groups is 1. The van der Waals surface area contributed by atoms with Crippen molar-refractivity contribution >= 4 is 11.6 Å². The third kappa shape index (κ3) is 2.53. The zero-order valence-electron chi connectivity index (χ0n) is 10.2. The highest BCUT2D eigenvalue weighted by atomic mass is 19.1. The fraction of sp³-hybridized carbons (Fsp3) is 0.143. The van der Waals surface area contributed by atoms with Crippen molar-refractivity contribution in [1.82, 2.24) is 4.98 Å². The molecule has 0 radical (unpaired) electrons. The van der Waals surface area contributed by atoms with Crippen LogP contribution >= 0.6 is 0 Å². The quantitative estimate of drug-likeness (QED) is 0.882. The molecule has 3 nitrogen and oxygen atoms in total. The molecule has 0 aliphatic heterocycles. The van der Waals surface area contributed by atoms with Crippen molar-refractivity contribution in [2.75, 3.05) is 5.32 Å². The molecular formula is C14H13FN2O. The van der Waals surface area contributed by atoms with Gasteiger partial charge in [-0.05, 0) is 49.7 Å². The molecule has 0 saturated carbocycles. The van der Waals surface area contributed by atoms with E-state index in [2.05, 4.69) is 10.3 Å². The number of carbonyl (C=O) groups excluding carboxylic acids is 1. The van der Waals surface area contributed by atoms with Crippen molar-refractivity contribution in [1.29, 1.82) is 0 Å². The van der Waals surface area contributed by atoms with Gasteiger partial charge in [0, 0.05) is 23.1 Å². The van der Waals surface area contributed by atoms with Gasteiger partial charge in [0.15, 0.2) is 0 Å². The second-order valence-electron chi connectivity index (χ2n) is 4.03. The van der Waals surface area contributed by atoms with Gasteiger partial charge in [-0.25, -0.2) is 4.39 Å². The Bertz CT molecular complexity index is 579. The van der Waals surface area contributed by atoms with Crippen molar-refractivity contribution in [3.05, 3.63) is 59.2 Å². The van der Waals surface area contributed by atoms with Crippen molar-refractivity contribution in [3.63, 3.8) is 0 Å². The molecule has 1 heterocycles. The van der Waals surface area contributed by atoms with E-state index in [1.54, 1.807) is 12.3 Å². The second kappa shape index (κ2) is 4.96. The average Bonchev–Trinajstić information content (AvgIpc) is 2.35. The third-order valence-electron chi connectivity index (χ3n) is 2.80. The lowest BCUT2D eigenvalue weighted by molar-refractivity contribution is 0.102. The minimum Gasteiger partial charge on any atom is -0.322 e. The summed E-state index contributed by atoms with van der Waals surface area (Å²) in [6.07, 6.45) is 1.60. The highest BCUT2D eigenvalue weighted by Gasteiger charge is 2.10. The maximum absolute atomic E-state index is 12.7. The largest absolute Gasteiger partial charge is 0.322 e. The molecule has 0 fully saturated rings. The molecule has 1 amide bonds. The summed E-state index contributed by atoms with van der Waals surface area (Å²) in [4.78, 5) is 16.2. The van der Waals surface area contributed by atoms with E-state index in [-0.39, 0.29) is 11.7 Å². The van der Waals surface area contributed by atoms with Gasteiger partial charge >= 0.3 is 0 Å². The van der Waals surface area contributed by atoms with E-state index in [0.717, 1.165) is 11.3 Å². The van der Waals surface area contributed by atoms with Crippen LogP contribution in [0.3, 0.4) is 0 Å². The van der Waals surface area contributed by atoms with Crippen LogP contribution in [-0.4, -0.2) is 10.9 Å². The summed E-state index contributed by atoms with van der Waals surface area (Å²) in [7, 11) is 0. The summed E-state index contributed by atoms with van der Waals surface area (Å²) in [5.74, 6) is -0.548. The number of aryl methyl sites for hydroxylation is 1. The van der Waals surface area contributed by atoms with Gasteiger partial charge in [0.05, 0.1) is 0 Å². The molecule has 1 aromatic carbocycles. The Morgan fingerprint density at radius 2 is 1.83 bits per heavy atom. The first-order chi connectivity index (χ1) is 8.58. The Kier molecular flexibility index (Phi) is 3.37. The number of pyridine rings is 1. The lowest BCUT2D eigenvalue weighted by atomic mass is 10.1. The van der Waals surface area contributed by atoms with Crippen LogP contribution in [0.15, 0.2) is 36.5 Å². The SMILES string of the molecule is Cc1nccc(C(=O)Nc2ccc(F)cc2)c1C. The zero-order valence-corrected chi connectivity index (χ0v) is 10.2. The summed E-state index contributed by atoms with van der Waals surface area (Å²) >= 11 is 0. The molecule has 0 unspecified atom stereocenters. The molecule has 0 bridgehead atoms. The Labute approximate surface area is 105 Å². The van der Waals surface area contributed by atoms with E-state index in [0.29, 0.717) is 11.3 Å². The molecule has 2 aromatic rings. The first-order valence-electron chi connectivity index (χ1n) is 5.57. The van der Waals surface area contributed by atoms with E-state index in [4.69, 9.17) is 0 Å². The maximum Gasteiger partial charge on any atom is 0.256 e. The number of rotatable bonds is 2. The smallest absolute Gasteiger partial charge is 0.256 e. The standard InChI is InChI=1S/C14H13FN2O/c1-9-10(2)16-8-7-13(9)14(18)17-12-5-3-11(15)4-6-12/h3-8H,1-2H3,(H,17,18). The second-order valence-corrected chi connectivity index (χ2v) is 4.03. The number of hydrogen-bond acceptors (Lipinski definition) is 2. The summed E-state index contributed by atoms with van der Waals surface area (Å²) in [5, 5.41) is 2.72. The van der Waals surface area contributed by atoms with Gasteiger partial charge in [0.1, 0.15) is 5.82 Å². The number of anilines is 1. The zero-order chi connectivity index (χ0) is 13.1. The molecule has 1 aromatic heterocycles. The Morgan fingerprint density at radius 3 is 2.50 bits per heavy atom. The van der Waals surface area contributed by atoms with Crippen LogP contribution in [0.5, 0.6) is 0 Å². The predicted molar refractivity (Wildman–Crippen MR) is 68.1 cm³/mol. The lowest BCUT2D eigenvalue weighted by Crippen LogP contribution is -2.14. The normalized spacial score (nSPS) is 10.2. The summed E-state index contributed by atoms with van der Waals surface area (Å²) in [6.45, 7) is 3.70. The Morgan fingerprint density at radius 1 is 1.17 bits per heavy atom. The minimum atomic E-state index is -0.330. The molecule has 0 aliphatic rings. The average molecular weight is 244 g/mol. The molecule has 2 rings (SSSR count). The first kappa shape index (κ1) is 12.2. The number of nitrogens with zero attached hydrogens (tertiary/aromatic N) is 1. The molecular weight excluding hydrogens is 231 g/mol. The highest BCUT2D eigenvalue weighted by molar-refractivity contribution is 6.05. The molecule has 0 atom stereocenters. The molecule has 0 aliphatic carbocycles. The van der Waals surface area contributed by atoms with E-state index in [1.165, 1.54) is 24.3 Å². The van der Waals surface area contributed by atoms with Crippen LogP contribution in [0, 0.1) is 19.7 Å². The van der Waals surface area contributed by atoms with Gasteiger partial charge in [-0.2, -0.15) is 0 Å². The summed E-state index contributed by atoms with van der Waals surface area (Å²) in [5.41, 5.74) is 2.81. The number of halogens is 1. The van der Waals surface area contributed by atoms with Crippen molar-refractivity contribution in [2.24, 2.45) is 0 Å². The summed E-state index contributed by atoms with van der Waals surface area (Å²) < 4.78 is 12.7. The predicted octanol–water partition coefficient (Wildman–Crippen LogP) is 3.09. The summed E-state index contributed by atoms with van der Waals surface area (Å²) in [6, 6.07) is 7.33. The van der Waals surface area contributed by atoms with Crippen LogP contribution in [0.25, 0.3) is 0 Å². The molecule has 0 spiro atoms. The van der Waals surface area contributed by atoms with Gasteiger partial charge in [0.25, 0.3) is 5.91 Å². The third-order valence-corrected chi connectivity index (χ3v) is 2.80. The van der Waals surface area contributed by atoms with Crippen molar-refractivity contribution < 1.29 is 9.18 Å². The fourth-order valence-corrected chi connectivity index (χ4v) is 1.62. The van der Waals surface area contributed by atoms with E-state index in [1.807, 2.05) is 13.8 Å². The molecule has 4 heteroatoms. The van der Waals surface area contributed by atoms with Gasteiger partial charge in [0.2, 0.25) is 0 Å². The topological polar surface area (TPSA) is 42.0 Å². The Balaban J connectivity index is 2.22. The van der Waals surface area contributed by atoms with E-state index >= 15 is 0 Å². The number of hydrogen-bond donors (Lipinski definition) is 1. The maximum atomic E-state index is 12.7. The highest BCUT2D eigenvalue weighted by Crippen LogP contribution is 2.14. The monoisotopic (exact) mass is 244 g/mol. The van der Waals surface area contributed by atoms with Crippen LogP contribution in [0.2, 0.25) is 0 Å². The number of aromatic nitrogens is 1. The minimum absolute atomic E-state index is 0.218. The molecule has 0 saturated heterocycles.